The maximum Gasteiger partial charge on any atom is 0.0470 e. The van der Waals surface area contributed by atoms with Crippen LogP contribution in [-0.4, -0.2) is 54.1 Å². The number of hydrogen-bond acceptors (Lipinski definition) is 3. The van der Waals surface area contributed by atoms with E-state index in [2.05, 4.69) is 44.5 Å². The first-order chi connectivity index (χ1) is 6.93. The molecule has 1 unspecified atom stereocenters. The Morgan fingerprint density at radius 3 is 2.27 bits per heavy atom. The molecule has 1 rings (SSSR count). The fourth-order valence-corrected chi connectivity index (χ4v) is 2.47. The lowest BCUT2D eigenvalue weighted by atomic mass is 9.95. The fourth-order valence-electron chi connectivity index (χ4n) is 2.47. The molecule has 0 aliphatic carbocycles. The van der Waals surface area contributed by atoms with Crippen LogP contribution in [0.4, 0.5) is 0 Å². The molecule has 0 saturated carbocycles. The minimum absolute atomic E-state index is 0.207. The van der Waals surface area contributed by atoms with Crippen molar-refractivity contribution in [2.45, 2.75) is 51.7 Å². The lowest BCUT2D eigenvalue weighted by Gasteiger charge is -2.41. The van der Waals surface area contributed by atoms with Gasteiger partial charge in [-0.05, 0) is 41.2 Å². The summed E-state index contributed by atoms with van der Waals surface area (Å²) in [5.74, 6) is 0. The standard InChI is InChI=1S/C12H27N3/c1-10(2)14(5)12(8-13)6-7-15(9-12)11(3)4/h10-11H,6-9,13H2,1-5H3. The Hall–Kier alpha value is -0.120. The van der Waals surface area contributed by atoms with Gasteiger partial charge in [-0.2, -0.15) is 0 Å². The Balaban J connectivity index is 2.72. The lowest BCUT2D eigenvalue weighted by molar-refractivity contribution is 0.0928. The maximum atomic E-state index is 6.00. The van der Waals surface area contributed by atoms with E-state index in [9.17, 15) is 0 Å². The summed E-state index contributed by atoms with van der Waals surface area (Å²) in [7, 11) is 2.21. The highest BCUT2D eigenvalue weighted by atomic mass is 15.3. The van der Waals surface area contributed by atoms with Crippen molar-refractivity contribution in [3.05, 3.63) is 0 Å². The van der Waals surface area contributed by atoms with Gasteiger partial charge in [0.15, 0.2) is 0 Å². The van der Waals surface area contributed by atoms with E-state index in [0.717, 1.165) is 13.1 Å². The number of nitrogens with zero attached hydrogens (tertiary/aromatic N) is 2. The topological polar surface area (TPSA) is 32.5 Å². The van der Waals surface area contributed by atoms with E-state index >= 15 is 0 Å². The number of likely N-dealkylation sites (tertiary alicyclic amines) is 1. The monoisotopic (exact) mass is 213 g/mol. The van der Waals surface area contributed by atoms with Gasteiger partial charge in [0, 0.05) is 37.3 Å². The Morgan fingerprint density at radius 1 is 1.33 bits per heavy atom. The van der Waals surface area contributed by atoms with Crippen LogP contribution in [0.25, 0.3) is 0 Å². The Bertz CT molecular complexity index is 203. The second-order valence-electron chi connectivity index (χ2n) is 5.45. The first-order valence-electron chi connectivity index (χ1n) is 6.10. The molecule has 3 nitrogen and oxygen atoms in total. The van der Waals surface area contributed by atoms with E-state index in [1.54, 1.807) is 0 Å². The van der Waals surface area contributed by atoms with Gasteiger partial charge >= 0.3 is 0 Å². The summed E-state index contributed by atoms with van der Waals surface area (Å²) in [6.07, 6.45) is 1.20. The van der Waals surface area contributed by atoms with Crippen LogP contribution in [0.3, 0.4) is 0 Å². The van der Waals surface area contributed by atoms with Crippen molar-refractivity contribution >= 4 is 0 Å². The number of nitrogens with two attached hydrogens (primary N) is 1. The Kier molecular flexibility index (Phi) is 4.15. The van der Waals surface area contributed by atoms with Gasteiger partial charge in [0.2, 0.25) is 0 Å². The van der Waals surface area contributed by atoms with Crippen molar-refractivity contribution < 1.29 is 0 Å². The number of rotatable bonds is 4. The number of likely N-dealkylation sites (N-methyl/N-ethyl adjacent to an activating group) is 1. The molecule has 0 aromatic heterocycles. The third kappa shape index (κ3) is 2.52. The minimum Gasteiger partial charge on any atom is -0.329 e. The van der Waals surface area contributed by atoms with Crippen LogP contribution in [0.15, 0.2) is 0 Å². The first-order valence-corrected chi connectivity index (χ1v) is 6.10. The van der Waals surface area contributed by atoms with Gasteiger partial charge in [-0.1, -0.05) is 0 Å². The quantitative estimate of drug-likeness (QED) is 0.760. The highest BCUT2D eigenvalue weighted by Crippen LogP contribution is 2.28. The summed E-state index contributed by atoms with van der Waals surface area (Å²) in [5, 5.41) is 0. The van der Waals surface area contributed by atoms with Crippen molar-refractivity contribution in [1.29, 1.82) is 0 Å². The molecular weight excluding hydrogens is 186 g/mol. The number of hydrogen-bond donors (Lipinski definition) is 1. The van der Waals surface area contributed by atoms with Crippen LogP contribution >= 0.6 is 0 Å². The fraction of sp³-hybridized carbons (Fsp3) is 1.00. The zero-order chi connectivity index (χ0) is 11.6. The second kappa shape index (κ2) is 4.81. The Morgan fingerprint density at radius 2 is 1.93 bits per heavy atom. The van der Waals surface area contributed by atoms with Crippen LogP contribution < -0.4 is 5.73 Å². The summed E-state index contributed by atoms with van der Waals surface area (Å²) in [6, 6.07) is 1.21. The van der Waals surface area contributed by atoms with Crippen molar-refractivity contribution in [3.63, 3.8) is 0 Å². The zero-order valence-electron chi connectivity index (χ0n) is 11.0. The lowest BCUT2D eigenvalue weighted by Crippen LogP contribution is -2.56. The van der Waals surface area contributed by atoms with Gasteiger partial charge in [-0.15, -0.1) is 0 Å². The highest BCUT2D eigenvalue weighted by molar-refractivity contribution is 5.00. The van der Waals surface area contributed by atoms with Crippen LogP contribution in [0.5, 0.6) is 0 Å². The van der Waals surface area contributed by atoms with Gasteiger partial charge < -0.3 is 5.73 Å². The molecule has 1 fully saturated rings. The molecule has 90 valence electrons. The molecule has 0 radical (unpaired) electrons. The van der Waals surface area contributed by atoms with E-state index in [-0.39, 0.29) is 5.54 Å². The van der Waals surface area contributed by atoms with Crippen LogP contribution in [-0.2, 0) is 0 Å². The second-order valence-corrected chi connectivity index (χ2v) is 5.45. The van der Waals surface area contributed by atoms with Crippen molar-refractivity contribution in [2.75, 3.05) is 26.7 Å². The predicted octanol–water partition coefficient (Wildman–Crippen LogP) is 1.14. The first kappa shape index (κ1) is 12.9. The molecule has 2 N–H and O–H groups in total. The van der Waals surface area contributed by atoms with Crippen LogP contribution in [0.2, 0.25) is 0 Å². The van der Waals surface area contributed by atoms with Crippen LogP contribution in [0, 0.1) is 0 Å². The molecule has 1 atom stereocenters. The smallest absolute Gasteiger partial charge is 0.0470 e. The van der Waals surface area contributed by atoms with Gasteiger partial charge in [-0.3, -0.25) is 9.80 Å². The summed E-state index contributed by atoms with van der Waals surface area (Å²) in [5.41, 5.74) is 6.21. The summed E-state index contributed by atoms with van der Waals surface area (Å²) >= 11 is 0. The molecule has 1 heterocycles. The summed E-state index contributed by atoms with van der Waals surface area (Å²) in [4.78, 5) is 4.99. The van der Waals surface area contributed by atoms with Crippen molar-refractivity contribution in [2.24, 2.45) is 5.73 Å². The van der Waals surface area contributed by atoms with E-state index in [4.69, 9.17) is 5.73 Å². The van der Waals surface area contributed by atoms with Crippen molar-refractivity contribution in [1.82, 2.24) is 9.80 Å². The zero-order valence-corrected chi connectivity index (χ0v) is 11.0. The predicted molar refractivity (Wildman–Crippen MR) is 66.0 cm³/mol. The molecule has 0 aromatic carbocycles. The van der Waals surface area contributed by atoms with E-state index < -0.39 is 0 Å². The average Bonchev–Trinajstić information content (AvgIpc) is 2.62. The van der Waals surface area contributed by atoms with Crippen molar-refractivity contribution in [3.8, 4) is 0 Å². The molecule has 0 aromatic rings. The van der Waals surface area contributed by atoms with Gasteiger partial charge in [0.1, 0.15) is 0 Å². The molecule has 0 bridgehead atoms. The third-order valence-electron chi connectivity index (χ3n) is 3.99. The summed E-state index contributed by atoms with van der Waals surface area (Å²) in [6.45, 7) is 12.1. The van der Waals surface area contributed by atoms with Gasteiger partial charge in [-0.25, -0.2) is 0 Å². The summed E-state index contributed by atoms with van der Waals surface area (Å²) < 4.78 is 0. The normalized spacial score (nSPS) is 28.6. The van der Waals surface area contributed by atoms with E-state index in [1.165, 1.54) is 13.0 Å². The van der Waals surface area contributed by atoms with Gasteiger partial charge in [0.05, 0.1) is 0 Å². The molecule has 15 heavy (non-hydrogen) atoms. The van der Waals surface area contributed by atoms with E-state index in [0.29, 0.717) is 12.1 Å². The highest BCUT2D eigenvalue weighted by Gasteiger charge is 2.41. The minimum atomic E-state index is 0.207. The SMILES string of the molecule is CC(C)N1CCC(CN)(N(C)C(C)C)C1. The van der Waals surface area contributed by atoms with Gasteiger partial charge in [0.25, 0.3) is 0 Å². The molecule has 1 aliphatic heterocycles. The molecular formula is C12H27N3. The Labute approximate surface area is 94.6 Å². The van der Waals surface area contributed by atoms with Crippen LogP contribution in [0.1, 0.15) is 34.1 Å². The molecule has 0 amide bonds. The maximum absolute atomic E-state index is 6.00. The third-order valence-corrected chi connectivity index (χ3v) is 3.99. The molecule has 0 spiro atoms. The molecule has 1 saturated heterocycles. The average molecular weight is 213 g/mol. The van der Waals surface area contributed by atoms with E-state index in [1.807, 2.05) is 0 Å². The molecule has 1 aliphatic rings. The largest absolute Gasteiger partial charge is 0.329 e. The molecule has 3 heteroatoms.